The van der Waals surface area contributed by atoms with Gasteiger partial charge in [-0.1, -0.05) is 71.1 Å². The SMILES string of the molecule is CC(=O)NC(c1ccccc1)c1cn(CCOCCOCCn2cc(C(NC(C)=O)c3ccccc3)nn2)nn1. The monoisotopic (exact) mass is 546 g/mol. The second-order valence-corrected chi connectivity index (χ2v) is 9.13. The molecule has 0 aliphatic rings. The minimum absolute atomic E-state index is 0.141. The molecule has 12 heteroatoms. The summed E-state index contributed by atoms with van der Waals surface area (Å²) in [5.41, 5.74) is 3.19. The smallest absolute Gasteiger partial charge is 0.217 e. The van der Waals surface area contributed by atoms with Gasteiger partial charge in [0.15, 0.2) is 0 Å². The van der Waals surface area contributed by atoms with Crippen molar-refractivity contribution in [1.29, 1.82) is 0 Å². The van der Waals surface area contributed by atoms with E-state index in [0.29, 0.717) is 50.9 Å². The van der Waals surface area contributed by atoms with Gasteiger partial charge in [-0.15, -0.1) is 10.2 Å². The lowest BCUT2D eigenvalue weighted by molar-refractivity contribution is -0.120. The van der Waals surface area contributed by atoms with Crippen LogP contribution < -0.4 is 10.6 Å². The Morgan fingerprint density at radius 2 is 1.07 bits per heavy atom. The molecule has 2 aromatic carbocycles. The van der Waals surface area contributed by atoms with E-state index in [1.54, 1.807) is 9.36 Å². The fourth-order valence-corrected chi connectivity index (χ4v) is 4.10. The minimum Gasteiger partial charge on any atom is -0.377 e. The van der Waals surface area contributed by atoms with E-state index in [1.165, 1.54) is 13.8 Å². The number of carbonyl (C=O) groups is 2. The zero-order valence-electron chi connectivity index (χ0n) is 22.6. The molecule has 0 aliphatic heterocycles. The first-order valence-electron chi connectivity index (χ1n) is 13.1. The fraction of sp³-hybridized carbons (Fsp3) is 0.357. The highest BCUT2D eigenvalue weighted by Crippen LogP contribution is 2.20. The van der Waals surface area contributed by atoms with Crippen molar-refractivity contribution in [3.05, 3.63) is 95.6 Å². The number of rotatable bonds is 15. The first-order chi connectivity index (χ1) is 19.5. The van der Waals surface area contributed by atoms with Crippen molar-refractivity contribution in [3.8, 4) is 0 Å². The van der Waals surface area contributed by atoms with E-state index in [0.717, 1.165) is 11.1 Å². The first kappa shape index (κ1) is 28.6. The van der Waals surface area contributed by atoms with Crippen LogP contribution in [0.4, 0.5) is 0 Å². The van der Waals surface area contributed by atoms with Gasteiger partial charge < -0.3 is 20.1 Å². The van der Waals surface area contributed by atoms with Gasteiger partial charge in [-0.2, -0.15) is 0 Å². The lowest BCUT2D eigenvalue weighted by atomic mass is 10.0. The van der Waals surface area contributed by atoms with Gasteiger partial charge in [-0.05, 0) is 11.1 Å². The lowest BCUT2D eigenvalue weighted by Crippen LogP contribution is -2.27. The molecule has 0 bridgehead atoms. The van der Waals surface area contributed by atoms with Gasteiger partial charge in [0, 0.05) is 13.8 Å². The maximum absolute atomic E-state index is 11.7. The number of carbonyl (C=O) groups excluding carboxylic acids is 2. The van der Waals surface area contributed by atoms with Gasteiger partial charge in [0.05, 0.1) is 64.0 Å². The summed E-state index contributed by atoms with van der Waals surface area (Å²) in [6, 6.07) is 18.6. The summed E-state index contributed by atoms with van der Waals surface area (Å²) < 4.78 is 14.7. The molecule has 0 saturated heterocycles. The van der Waals surface area contributed by atoms with Crippen molar-refractivity contribution in [2.75, 3.05) is 26.4 Å². The van der Waals surface area contributed by atoms with Crippen molar-refractivity contribution in [2.24, 2.45) is 0 Å². The predicted molar refractivity (Wildman–Crippen MR) is 146 cm³/mol. The quantitative estimate of drug-likeness (QED) is 0.216. The molecule has 0 aliphatic carbocycles. The van der Waals surface area contributed by atoms with Crippen molar-refractivity contribution in [2.45, 2.75) is 39.0 Å². The third-order valence-corrected chi connectivity index (χ3v) is 5.97. The van der Waals surface area contributed by atoms with Crippen LogP contribution in [0.5, 0.6) is 0 Å². The van der Waals surface area contributed by atoms with Crippen molar-refractivity contribution in [3.63, 3.8) is 0 Å². The molecule has 2 aromatic heterocycles. The molecule has 4 aromatic rings. The first-order valence-corrected chi connectivity index (χ1v) is 13.1. The van der Waals surface area contributed by atoms with Crippen LogP contribution in [-0.2, 0) is 32.2 Å². The van der Waals surface area contributed by atoms with Crippen molar-refractivity contribution in [1.82, 2.24) is 40.6 Å². The number of hydrogen-bond acceptors (Lipinski definition) is 8. The third-order valence-electron chi connectivity index (χ3n) is 5.97. The van der Waals surface area contributed by atoms with Gasteiger partial charge in [-0.3, -0.25) is 9.59 Å². The Kier molecular flexibility index (Phi) is 10.5. The number of benzene rings is 2. The summed E-state index contributed by atoms with van der Waals surface area (Å²) in [6.07, 6.45) is 3.63. The molecule has 40 heavy (non-hydrogen) atoms. The van der Waals surface area contributed by atoms with Crippen LogP contribution in [0.15, 0.2) is 73.1 Å². The lowest BCUT2D eigenvalue weighted by Gasteiger charge is -2.15. The van der Waals surface area contributed by atoms with E-state index in [-0.39, 0.29) is 23.9 Å². The van der Waals surface area contributed by atoms with Crippen LogP contribution in [0.2, 0.25) is 0 Å². The Morgan fingerprint density at radius 3 is 1.45 bits per heavy atom. The minimum atomic E-state index is -0.363. The second-order valence-electron chi connectivity index (χ2n) is 9.13. The maximum Gasteiger partial charge on any atom is 0.217 e. The van der Waals surface area contributed by atoms with Crippen LogP contribution in [0, 0.1) is 0 Å². The van der Waals surface area contributed by atoms with Crippen molar-refractivity contribution >= 4 is 11.8 Å². The second kappa shape index (κ2) is 14.7. The van der Waals surface area contributed by atoms with Gasteiger partial charge in [0.1, 0.15) is 11.4 Å². The Hall–Kier alpha value is -4.42. The summed E-state index contributed by atoms with van der Waals surface area (Å²) >= 11 is 0. The number of nitrogens with one attached hydrogen (secondary N) is 2. The van der Waals surface area contributed by atoms with Gasteiger partial charge in [0.2, 0.25) is 11.8 Å². The van der Waals surface area contributed by atoms with Crippen molar-refractivity contribution < 1.29 is 19.1 Å². The van der Waals surface area contributed by atoms with E-state index in [9.17, 15) is 9.59 Å². The molecule has 2 atom stereocenters. The average Bonchev–Trinajstić information content (AvgIpc) is 3.63. The fourth-order valence-electron chi connectivity index (χ4n) is 4.10. The zero-order chi connectivity index (χ0) is 28.2. The van der Waals surface area contributed by atoms with Crippen LogP contribution in [0.1, 0.15) is 48.4 Å². The molecule has 0 saturated carbocycles. The summed E-state index contributed by atoms with van der Waals surface area (Å²) in [4.78, 5) is 23.4. The zero-order valence-corrected chi connectivity index (χ0v) is 22.6. The molecule has 0 radical (unpaired) electrons. The molecular weight excluding hydrogens is 512 g/mol. The molecule has 2 unspecified atom stereocenters. The molecular formula is C28H34N8O4. The molecule has 0 fully saturated rings. The van der Waals surface area contributed by atoms with Crippen LogP contribution >= 0.6 is 0 Å². The molecule has 12 nitrogen and oxygen atoms in total. The van der Waals surface area contributed by atoms with E-state index in [2.05, 4.69) is 31.3 Å². The van der Waals surface area contributed by atoms with Crippen LogP contribution in [0.25, 0.3) is 0 Å². The number of aromatic nitrogens is 6. The Bertz CT molecular complexity index is 1240. The average molecular weight is 547 g/mol. The largest absolute Gasteiger partial charge is 0.377 e. The Balaban J connectivity index is 1.15. The van der Waals surface area contributed by atoms with E-state index in [4.69, 9.17) is 9.47 Å². The summed E-state index contributed by atoms with van der Waals surface area (Å²) in [5, 5.41) is 22.7. The highest BCUT2D eigenvalue weighted by Gasteiger charge is 2.19. The van der Waals surface area contributed by atoms with E-state index < -0.39 is 0 Å². The van der Waals surface area contributed by atoms with Gasteiger partial charge >= 0.3 is 0 Å². The Morgan fingerprint density at radius 1 is 0.675 bits per heavy atom. The molecule has 4 rings (SSSR count). The standard InChI is InChI=1S/C28H34N8O4/c1-21(37)29-27(23-9-5-3-6-10-23)25-19-35(33-31-25)13-15-39-17-18-40-16-14-36-20-26(32-34-36)28(30-22(2)38)24-11-7-4-8-12-24/h3-12,19-20,27-28H,13-18H2,1-2H3,(H,29,37)(H,30,38). The molecule has 2 amide bonds. The van der Waals surface area contributed by atoms with Crippen LogP contribution in [-0.4, -0.2) is 68.2 Å². The van der Waals surface area contributed by atoms with Crippen LogP contribution in [0.3, 0.4) is 0 Å². The highest BCUT2D eigenvalue weighted by molar-refractivity contribution is 5.74. The maximum atomic E-state index is 11.7. The summed E-state index contributed by atoms with van der Waals surface area (Å²) in [6.45, 7) is 5.75. The third kappa shape index (κ3) is 8.55. The molecule has 210 valence electrons. The normalized spacial score (nSPS) is 12.6. The number of amides is 2. The van der Waals surface area contributed by atoms with E-state index >= 15 is 0 Å². The Labute approximate surface area is 232 Å². The summed E-state index contributed by atoms with van der Waals surface area (Å²) in [5.74, 6) is -0.283. The van der Waals surface area contributed by atoms with Gasteiger partial charge in [-0.25, -0.2) is 9.36 Å². The van der Waals surface area contributed by atoms with Gasteiger partial charge in [0.25, 0.3) is 0 Å². The molecule has 2 N–H and O–H groups in total. The summed E-state index contributed by atoms with van der Waals surface area (Å²) in [7, 11) is 0. The molecule has 2 heterocycles. The highest BCUT2D eigenvalue weighted by atomic mass is 16.5. The number of nitrogens with zero attached hydrogens (tertiary/aromatic N) is 6. The number of ether oxygens (including phenoxy) is 2. The molecule has 0 spiro atoms. The number of hydrogen-bond donors (Lipinski definition) is 2. The predicted octanol–water partition coefficient (Wildman–Crippen LogP) is 2.05. The topological polar surface area (TPSA) is 138 Å². The van der Waals surface area contributed by atoms with E-state index in [1.807, 2.05) is 73.1 Å².